The van der Waals surface area contributed by atoms with E-state index in [1.54, 1.807) is 13.0 Å². The highest BCUT2D eigenvalue weighted by Gasteiger charge is 2.12. The second kappa shape index (κ2) is 5.52. The van der Waals surface area contributed by atoms with Crippen LogP contribution in [0.15, 0.2) is 16.6 Å². The van der Waals surface area contributed by atoms with Gasteiger partial charge in [0, 0.05) is 11.4 Å². The largest absolute Gasteiger partial charge is 0.425 e. The lowest BCUT2D eigenvalue weighted by atomic mass is 10.1. The van der Waals surface area contributed by atoms with Crippen molar-refractivity contribution in [2.45, 2.75) is 26.7 Å². The second-order valence-corrected chi connectivity index (χ2v) is 4.35. The average Bonchev–Trinajstić information content (AvgIpc) is 2.21. The fourth-order valence-corrected chi connectivity index (χ4v) is 2.13. The molecule has 0 heterocycles. The molecule has 0 spiro atoms. The van der Waals surface area contributed by atoms with Gasteiger partial charge in [0.2, 0.25) is 0 Å². The molecule has 0 saturated carbocycles. The van der Waals surface area contributed by atoms with Crippen LogP contribution in [0.2, 0.25) is 5.02 Å². The Morgan fingerprint density at radius 1 is 1.47 bits per heavy atom. The summed E-state index contributed by atoms with van der Waals surface area (Å²) in [5.41, 5.74) is 0.927. The van der Waals surface area contributed by atoms with E-state index in [0.717, 1.165) is 12.0 Å². The number of ether oxygens (including phenoxy) is 1. The van der Waals surface area contributed by atoms with Crippen LogP contribution in [-0.4, -0.2) is 5.97 Å². The zero-order chi connectivity index (χ0) is 11.4. The molecule has 0 N–H and O–H groups in total. The van der Waals surface area contributed by atoms with Gasteiger partial charge in [0.1, 0.15) is 5.75 Å². The molecule has 0 unspecified atom stereocenters. The number of benzene rings is 1. The van der Waals surface area contributed by atoms with E-state index >= 15 is 0 Å². The van der Waals surface area contributed by atoms with E-state index in [9.17, 15) is 4.79 Å². The molecule has 15 heavy (non-hydrogen) atoms. The molecule has 0 saturated heterocycles. The summed E-state index contributed by atoms with van der Waals surface area (Å²) in [6.07, 6.45) is 1.13. The molecule has 0 atom stereocenters. The molecule has 1 rings (SSSR count). The summed E-state index contributed by atoms with van der Waals surface area (Å²) in [6.45, 7) is 3.75. The van der Waals surface area contributed by atoms with Crippen molar-refractivity contribution in [1.82, 2.24) is 0 Å². The molecule has 1 aromatic rings. The molecular formula is C11H12BrClO2. The van der Waals surface area contributed by atoms with Crippen molar-refractivity contribution in [2.24, 2.45) is 0 Å². The van der Waals surface area contributed by atoms with E-state index in [-0.39, 0.29) is 5.97 Å². The minimum atomic E-state index is -0.243. The van der Waals surface area contributed by atoms with Crippen LogP contribution >= 0.6 is 27.5 Å². The first-order valence-electron chi connectivity index (χ1n) is 4.77. The third kappa shape index (κ3) is 3.21. The standard InChI is InChI=1S/C11H12BrClO2/c1-3-7-5-8(13)6-9(12)11(7)15-10(14)4-2/h5-6H,3-4H2,1-2H3. The summed E-state index contributed by atoms with van der Waals surface area (Å²) in [7, 11) is 0. The summed E-state index contributed by atoms with van der Waals surface area (Å²) in [4.78, 5) is 11.2. The van der Waals surface area contributed by atoms with Gasteiger partial charge in [-0.3, -0.25) is 4.79 Å². The molecule has 0 aromatic heterocycles. The zero-order valence-electron chi connectivity index (χ0n) is 8.64. The molecule has 1 aromatic carbocycles. The first kappa shape index (κ1) is 12.5. The molecule has 82 valence electrons. The first-order chi connectivity index (χ1) is 7.08. The smallest absolute Gasteiger partial charge is 0.310 e. The lowest BCUT2D eigenvalue weighted by Gasteiger charge is -2.10. The Balaban J connectivity index is 3.09. The van der Waals surface area contributed by atoms with Crippen LogP contribution in [0.25, 0.3) is 0 Å². The Labute approximate surface area is 103 Å². The fourth-order valence-electron chi connectivity index (χ4n) is 1.18. The molecule has 0 amide bonds. The maximum atomic E-state index is 11.2. The second-order valence-electron chi connectivity index (χ2n) is 3.06. The summed E-state index contributed by atoms with van der Waals surface area (Å²) in [5.74, 6) is 0.335. The molecule has 0 fully saturated rings. The summed E-state index contributed by atoms with van der Waals surface area (Å²) in [6, 6.07) is 3.53. The van der Waals surface area contributed by atoms with Crippen molar-refractivity contribution >= 4 is 33.5 Å². The topological polar surface area (TPSA) is 26.3 Å². The van der Waals surface area contributed by atoms with Crippen LogP contribution in [0.1, 0.15) is 25.8 Å². The van der Waals surface area contributed by atoms with Gasteiger partial charge in [-0.2, -0.15) is 0 Å². The van der Waals surface area contributed by atoms with Crippen LogP contribution in [0, 0.1) is 0 Å². The lowest BCUT2D eigenvalue weighted by Crippen LogP contribution is -2.07. The Morgan fingerprint density at radius 2 is 2.13 bits per heavy atom. The number of hydrogen-bond donors (Lipinski definition) is 0. The minimum Gasteiger partial charge on any atom is -0.425 e. The third-order valence-corrected chi connectivity index (χ3v) is 2.78. The van der Waals surface area contributed by atoms with Gasteiger partial charge < -0.3 is 4.74 Å². The van der Waals surface area contributed by atoms with E-state index in [1.807, 2.05) is 13.0 Å². The SMILES string of the molecule is CCC(=O)Oc1c(Br)cc(Cl)cc1CC. The summed E-state index contributed by atoms with van der Waals surface area (Å²) >= 11 is 9.24. The van der Waals surface area contributed by atoms with Crippen molar-refractivity contribution < 1.29 is 9.53 Å². The van der Waals surface area contributed by atoms with Gasteiger partial charge in [-0.1, -0.05) is 25.4 Å². The van der Waals surface area contributed by atoms with Gasteiger partial charge in [-0.15, -0.1) is 0 Å². The minimum absolute atomic E-state index is 0.243. The van der Waals surface area contributed by atoms with E-state index < -0.39 is 0 Å². The van der Waals surface area contributed by atoms with E-state index in [1.165, 1.54) is 0 Å². The normalized spacial score (nSPS) is 10.1. The van der Waals surface area contributed by atoms with Crippen LogP contribution in [0.4, 0.5) is 0 Å². The van der Waals surface area contributed by atoms with Crippen molar-refractivity contribution in [2.75, 3.05) is 0 Å². The van der Waals surface area contributed by atoms with Crippen molar-refractivity contribution in [3.05, 3.63) is 27.2 Å². The van der Waals surface area contributed by atoms with Crippen LogP contribution in [0.3, 0.4) is 0 Å². The molecule has 0 aliphatic heterocycles. The molecule has 0 aliphatic carbocycles. The molecule has 4 heteroatoms. The van der Waals surface area contributed by atoms with Crippen LogP contribution < -0.4 is 4.74 Å². The number of rotatable bonds is 3. The number of carbonyl (C=O) groups excluding carboxylic acids is 1. The van der Waals surface area contributed by atoms with Gasteiger partial charge in [0.25, 0.3) is 0 Å². The van der Waals surface area contributed by atoms with Gasteiger partial charge >= 0.3 is 5.97 Å². The number of esters is 1. The number of aryl methyl sites for hydroxylation is 1. The number of carbonyl (C=O) groups is 1. The predicted molar refractivity (Wildman–Crippen MR) is 64.5 cm³/mol. The third-order valence-electron chi connectivity index (χ3n) is 1.97. The van der Waals surface area contributed by atoms with Crippen LogP contribution in [-0.2, 0) is 11.2 Å². The Hall–Kier alpha value is -0.540. The Kier molecular flexibility index (Phi) is 4.61. The Bertz CT molecular complexity index is 377. The summed E-state index contributed by atoms with van der Waals surface area (Å²) in [5, 5.41) is 0.634. The lowest BCUT2D eigenvalue weighted by molar-refractivity contribution is -0.134. The summed E-state index contributed by atoms with van der Waals surface area (Å²) < 4.78 is 5.94. The average molecular weight is 292 g/mol. The van der Waals surface area contributed by atoms with Crippen molar-refractivity contribution in [3.8, 4) is 5.75 Å². The number of hydrogen-bond acceptors (Lipinski definition) is 2. The maximum absolute atomic E-state index is 11.2. The Morgan fingerprint density at radius 3 is 2.67 bits per heavy atom. The highest BCUT2D eigenvalue weighted by molar-refractivity contribution is 9.10. The molecule has 0 bridgehead atoms. The number of halogens is 2. The molecular weight excluding hydrogens is 279 g/mol. The molecule has 0 aliphatic rings. The molecule has 0 radical (unpaired) electrons. The van der Waals surface area contributed by atoms with Crippen LogP contribution in [0.5, 0.6) is 5.75 Å². The first-order valence-corrected chi connectivity index (χ1v) is 5.94. The van der Waals surface area contributed by atoms with E-state index in [4.69, 9.17) is 16.3 Å². The van der Waals surface area contributed by atoms with Gasteiger partial charge in [0.15, 0.2) is 0 Å². The highest BCUT2D eigenvalue weighted by Crippen LogP contribution is 2.33. The van der Waals surface area contributed by atoms with E-state index in [0.29, 0.717) is 21.7 Å². The quantitative estimate of drug-likeness (QED) is 0.622. The van der Waals surface area contributed by atoms with Crippen molar-refractivity contribution in [3.63, 3.8) is 0 Å². The predicted octanol–water partition coefficient (Wildman–Crippen LogP) is 3.98. The van der Waals surface area contributed by atoms with Gasteiger partial charge in [-0.25, -0.2) is 0 Å². The van der Waals surface area contributed by atoms with Gasteiger partial charge in [-0.05, 0) is 40.0 Å². The van der Waals surface area contributed by atoms with Crippen molar-refractivity contribution in [1.29, 1.82) is 0 Å². The maximum Gasteiger partial charge on any atom is 0.310 e. The van der Waals surface area contributed by atoms with E-state index in [2.05, 4.69) is 15.9 Å². The molecule has 2 nitrogen and oxygen atoms in total. The van der Waals surface area contributed by atoms with Gasteiger partial charge in [0.05, 0.1) is 4.47 Å². The highest BCUT2D eigenvalue weighted by atomic mass is 79.9. The zero-order valence-corrected chi connectivity index (χ0v) is 11.0. The monoisotopic (exact) mass is 290 g/mol. The fraction of sp³-hybridized carbons (Fsp3) is 0.364.